The average Bonchev–Trinajstić information content (AvgIpc) is 2.46. The van der Waals surface area contributed by atoms with Crippen molar-refractivity contribution in [3.63, 3.8) is 0 Å². The van der Waals surface area contributed by atoms with Crippen molar-refractivity contribution in [3.05, 3.63) is 59.2 Å². The molecule has 4 nitrogen and oxygen atoms in total. The number of phenolic OH excluding ortho intramolecular Hbond substituents is 1. The van der Waals surface area contributed by atoms with Crippen LogP contribution in [-0.2, 0) is 13.0 Å². The van der Waals surface area contributed by atoms with Gasteiger partial charge in [-0.2, -0.15) is 0 Å². The number of carbonyl (C=O) groups excluding carboxylic acids is 1. The lowest BCUT2D eigenvalue weighted by Crippen LogP contribution is -2.36. The van der Waals surface area contributed by atoms with Crippen molar-refractivity contribution >= 4 is 11.6 Å². The van der Waals surface area contributed by atoms with Crippen molar-refractivity contribution in [1.82, 2.24) is 4.90 Å². The van der Waals surface area contributed by atoms with E-state index in [2.05, 4.69) is 0 Å². The highest BCUT2D eigenvalue weighted by molar-refractivity contribution is 5.99. The summed E-state index contributed by atoms with van der Waals surface area (Å²) in [5.74, 6) is 0.175. The summed E-state index contributed by atoms with van der Waals surface area (Å²) in [7, 11) is 0. The Hall–Kier alpha value is -2.49. The summed E-state index contributed by atoms with van der Waals surface area (Å²) in [6.07, 6.45) is 0.800. The highest BCUT2D eigenvalue weighted by Crippen LogP contribution is 2.25. The number of rotatable bonds is 1. The van der Waals surface area contributed by atoms with Crippen molar-refractivity contribution < 1.29 is 9.90 Å². The molecule has 1 aliphatic rings. The molecule has 0 bridgehead atoms. The van der Waals surface area contributed by atoms with Gasteiger partial charge in [0.1, 0.15) is 5.75 Å². The van der Waals surface area contributed by atoms with E-state index >= 15 is 0 Å². The third-order valence-electron chi connectivity index (χ3n) is 3.68. The van der Waals surface area contributed by atoms with E-state index in [9.17, 15) is 9.90 Å². The first-order valence-electron chi connectivity index (χ1n) is 6.59. The number of aromatic hydroxyl groups is 1. The van der Waals surface area contributed by atoms with Crippen LogP contribution < -0.4 is 5.73 Å². The summed E-state index contributed by atoms with van der Waals surface area (Å²) in [5.41, 5.74) is 9.08. The molecule has 0 radical (unpaired) electrons. The van der Waals surface area contributed by atoms with E-state index < -0.39 is 0 Å². The Bertz CT molecular complexity index is 667. The molecule has 0 aromatic heterocycles. The van der Waals surface area contributed by atoms with Crippen molar-refractivity contribution in [2.24, 2.45) is 0 Å². The summed E-state index contributed by atoms with van der Waals surface area (Å²) >= 11 is 0. The van der Waals surface area contributed by atoms with Crippen LogP contribution in [0.15, 0.2) is 42.5 Å². The highest BCUT2D eigenvalue weighted by atomic mass is 16.3. The van der Waals surface area contributed by atoms with Crippen molar-refractivity contribution in [1.29, 1.82) is 0 Å². The summed E-state index contributed by atoms with van der Waals surface area (Å²) in [6, 6.07) is 12.4. The Morgan fingerprint density at radius 3 is 2.75 bits per heavy atom. The number of hydrogen-bond acceptors (Lipinski definition) is 3. The lowest BCUT2D eigenvalue weighted by molar-refractivity contribution is 0.0735. The molecule has 0 aliphatic carbocycles. The van der Waals surface area contributed by atoms with Crippen LogP contribution in [-0.4, -0.2) is 22.5 Å². The quantitative estimate of drug-likeness (QED) is 0.779. The third-order valence-corrected chi connectivity index (χ3v) is 3.68. The Kier molecular flexibility index (Phi) is 3.06. The van der Waals surface area contributed by atoms with Crippen LogP contribution >= 0.6 is 0 Å². The molecule has 0 saturated heterocycles. The molecule has 102 valence electrons. The number of benzene rings is 2. The van der Waals surface area contributed by atoms with Gasteiger partial charge < -0.3 is 15.7 Å². The fraction of sp³-hybridized carbons (Fsp3) is 0.188. The lowest BCUT2D eigenvalue weighted by atomic mass is 9.98. The molecule has 0 atom stereocenters. The van der Waals surface area contributed by atoms with Gasteiger partial charge in [0.15, 0.2) is 0 Å². The zero-order valence-electron chi connectivity index (χ0n) is 11.0. The number of nitrogen functional groups attached to an aromatic ring is 1. The van der Waals surface area contributed by atoms with Crippen LogP contribution in [0.5, 0.6) is 5.75 Å². The number of phenols is 1. The molecule has 1 heterocycles. The van der Waals surface area contributed by atoms with Gasteiger partial charge in [-0.05, 0) is 41.8 Å². The van der Waals surface area contributed by atoms with Crippen molar-refractivity contribution in [3.8, 4) is 5.75 Å². The van der Waals surface area contributed by atoms with Crippen LogP contribution in [0, 0.1) is 0 Å². The molecular formula is C16H16N2O2. The maximum absolute atomic E-state index is 12.5. The largest absolute Gasteiger partial charge is 0.508 e. The first-order valence-corrected chi connectivity index (χ1v) is 6.59. The molecule has 2 aromatic rings. The molecule has 4 heteroatoms. The van der Waals surface area contributed by atoms with E-state index in [-0.39, 0.29) is 11.7 Å². The average molecular weight is 268 g/mol. The Balaban J connectivity index is 1.87. The van der Waals surface area contributed by atoms with Gasteiger partial charge in [0.2, 0.25) is 0 Å². The van der Waals surface area contributed by atoms with Gasteiger partial charge in [-0.25, -0.2) is 0 Å². The molecule has 0 unspecified atom stereocenters. The molecule has 3 N–H and O–H groups in total. The molecule has 0 spiro atoms. The minimum atomic E-state index is -0.0582. The van der Waals surface area contributed by atoms with E-state index in [1.54, 1.807) is 29.2 Å². The molecule has 0 saturated carbocycles. The number of para-hydroxylation sites is 1. The van der Waals surface area contributed by atoms with Gasteiger partial charge in [0, 0.05) is 18.8 Å². The minimum Gasteiger partial charge on any atom is -0.508 e. The van der Waals surface area contributed by atoms with E-state index in [0.717, 1.165) is 12.0 Å². The first-order chi connectivity index (χ1) is 9.65. The van der Waals surface area contributed by atoms with Crippen molar-refractivity contribution in [2.75, 3.05) is 12.3 Å². The number of amides is 1. The SMILES string of the molecule is Nc1ccccc1C(=O)N1CCc2ccc(O)cc2C1. The van der Waals surface area contributed by atoms with Gasteiger partial charge in [-0.1, -0.05) is 18.2 Å². The zero-order chi connectivity index (χ0) is 14.1. The van der Waals surface area contributed by atoms with E-state index in [4.69, 9.17) is 5.73 Å². The summed E-state index contributed by atoms with van der Waals surface area (Å²) in [6.45, 7) is 1.18. The number of nitrogens with two attached hydrogens (primary N) is 1. The number of anilines is 1. The molecule has 20 heavy (non-hydrogen) atoms. The fourth-order valence-corrected chi connectivity index (χ4v) is 2.58. The highest BCUT2D eigenvalue weighted by Gasteiger charge is 2.23. The second kappa shape index (κ2) is 4.89. The predicted octanol–water partition coefficient (Wildman–Crippen LogP) is 2.17. The van der Waals surface area contributed by atoms with Crippen LogP contribution in [0.3, 0.4) is 0 Å². The summed E-state index contributed by atoms with van der Waals surface area (Å²) in [4.78, 5) is 14.3. The maximum atomic E-state index is 12.5. The number of nitrogens with zero attached hydrogens (tertiary/aromatic N) is 1. The zero-order valence-corrected chi connectivity index (χ0v) is 11.0. The van der Waals surface area contributed by atoms with Crippen LogP contribution in [0.25, 0.3) is 0 Å². The van der Waals surface area contributed by atoms with E-state index in [1.807, 2.05) is 18.2 Å². The van der Waals surface area contributed by atoms with E-state index in [1.165, 1.54) is 5.56 Å². The first kappa shape index (κ1) is 12.5. The third kappa shape index (κ3) is 2.20. The Morgan fingerprint density at radius 1 is 1.15 bits per heavy atom. The summed E-state index contributed by atoms with van der Waals surface area (Å²) in [5, 5.41) is 9.55. The topological polar surface area (TPSA) is 66.6 Å². The van der Waals surface area contributed by atoms with E-state index in [0.29, 0.717) is 24.3 Å². The molecular weight excluding hydrogens is 252 g/mol. The summed E-state index contributed by atoms with van der Waals surface area (Å²) < 4.78 is 0. The molecule has 1 aliphatic heterocycles. The van der Waals surface area contributed by atoms with Crippen molar-refractivity contribution in [2.45, 2.75) is 13.0 Å². The number of hydrogen-bond donors (Lipinski definition) is 2. The molecule has 0 fully saturated rings. The van der Waals surface area contributed by atoms with Gasteiger partial charge in [-0.15, -0.1) is 0 Å². The monoisotopic (exact) mass is 268 g/mol. The molecule has 2 aromatic carbocycles. The normalized spacial score (nSPS) is 13.9. The maximum Gasteiger partial charge on any atom is 0.256 e. The standard InChI is InChI=1S/C16H16N2O2/c17-15-4-2-1-3-14(15)16(20)18-8-7-11-5-6-13(19)9-12(11)10-18/h1-6,9,19H,7-8,10,17H2. The predicted molar refractivity (Wildman–Crippen MR) is 77.4 cm³/mol. The number of fused-ring (bicyclic) bond motifs is 1. The number of carbonyl (C=O) groups is 1. The molecule has 3 rings (SSSR count). The van der Waals surface area contributed by atoms with Gasteiger partial charge >= 0.3 is 0 Å². The van der Waals surface area contributed by atoms with Crippen LogP contribution in [0.2, 0.25) is 0 Å². The Labute approximate surface area is 117 Å². The van der Waals surface area contributed by atoms with Gasteiger partial charge in [-0.3, -0.25) is 4.79 Å². The van der Waals surface area contributed by atoms with Gasteiger partial charge in [0.05, 0.1) is 5.56 Å². The second-order valence-electron chi connectivity index (χ2n) is 5.02. The Morgan fingerprint density at radius 2 is 1.95 bits per heavy atom. The fourth-order valence-electron chi connectivity index (χ4n) is 2.58. The lowest BCUT2D eigenvalue weighted by Gasteiger charge is -2.29. The molecule has 1 amide bonds. The second-order valence-corrected chi connectivity index (χ2v) is 5.02. The minimum absolute atomic E-state index is 0.0582. The van der Waals surface area contributed by atoms with Crippen LogP contribution in [0.4, 0.5) is 5.69 Å². The van der Waals surface area contributed by atoms with Gasteiger partial charge in [0.25, 0.3) is 5.91 Å². The smallest absolute Gasteiger partial charge is 0.256 e. The van der Waals surface area contributed by atoms with Crippen LogP contribution in [0.1, 0.15) is 21.5 Å².